The van der Waals surface area contributed by atoms with Crippen molar-refractivity contribution in [3.8, 4) is 22.3 Å². The zero-order valence-corrected chi connectivity index (χ0v) is 10.4. The van der Waals surface area contributed by atoms with Crippen LogP contribution in [0.4, 0.5) is 4.39 Å². The van der Waals surface area contributed by atoms with Gasteiger partial charge in [0.25, 0.3) is 0 Å². The topological polar surface area (TPSA) is 0 Å². The van der Waals surface area contributed by atoms with Gasteiger partial charge in [0.05, 0.1) is 0 Å². The van der Waals surface area contributed by atoms with Gasteiger partial charge in [-0.3, -0.25) is 0 Å². The highest BCUT2D eigenvalue weighted by atomic mass is 19.1. The van der Waals surface area contributed by atoms with Gasteiger partial charge in [-0.25, -0.2) is 4.39 Å². The number of rotatable bonds is 2. The van der Waals surface area contributed by atoms with Crippen molar-refractivity contribution in [2.75, 3.05) is 0 Å². The summed E-state index contributed by atoms with van der Waals surface area (Å²) in [4.78, 5) is 0. The molecule has 92 valence electrons. The minimum atomic E-state index is -0.187. The molecule has 3 rings (SSSR count). The maximum Gasteiger partial charge on any atom is 0.131 e. The molecule has 0 aliphatic heterocycles. The molecule has 0 saturated carbocycles. The molecule has 1 heteroatoms. The summed E-state index contributed by atoms with van der Waals surface area (Å²) < 4.78 is 14.2. The predicted octanol–water partition coefficient (Wildman–Crippen LogP) is 5.16. The van der Waals surface area contributed by atoms with Gasteiger partial charge in [-0.05, 0) is 22.8 Å². The van der Waals surface area contributed by atoms with E-state index in [1.165, 1.54) is 0 Å². The Hall–Kier alpha value is -2.41. The molecule has 0 saturated heterocycles. The van der Waals surface area contributed by atoms with Gasteiger partial charge < -0.3 is 0 Å². The molecule has 0 heterocycles. The van der Waals surface area contributed by atoms with Crippen LogP contribution < -0.4 is 0 Å². The summed E-state index contributed by atoms with van der Waals surface area (Å²) >= 11 is 0. The Morgan fingerprint density at radius 3 is 1.68 bits per heavy atom. The van der Waals surface area contributed by atoms with Crippen LogP contribution in [0.3, 0.4) is 0 Å². The van der Waals surface area contributed by atoms with E-state index in [1.807, 2.05) is 72.8 Å². The molecule has 0 radical (unpaired) electrons. The Labute approximate surface area is 112 Å². The van der Waals surface area contributed by atoms with Gasteiger partial charge in [-0.1, -0.05) is 72.8 Å². The van der Waals surface area contributed by atoms with E-state index in [1.54, 1.807) is 6.07 Å². The first kappa shape index (κ1) is 11.7. The fourth-order valence-electron chi connectivity index (χ4n) is 2.18. The lowest BCUT2D eigenvalue weighted by Crippen LogP contribution is -1.86. The summed E-state index contributed by atoms with van der Waals surface area (Å²) in [6, 6.07) is 24.8. The van der Waals surface area contributed by atoms with Crippen molar-refractivity contribution in [1.82, 2.24) is 0 Å². The fraction of sp³-hybridized carbons (Fsp3) is 0. The van der Waals surface area contributed by atoms with Crippen LogP contribution in [-0.4, -0.2) is 0 Å². The third-order valence-electron chi connectivity index (χ3n) is 3.16. The average Bonchev–Trinajstić information content (AvgIpc) is 2.49. The van der Waals surface area contributed by atoms with Crippen LogP contribution in [0, 0.1) is 5.82 Å². The second kappa shape index (κ2) is 5.07. The molecular formula is C18H13F. The molecule has 0 fully saturated rings. The molecule has 3 aromatic rings. The lowest BCUT2D eigenvalue weighted by atomic mass is 10.00. The van der Waals surface area contributed by atoms with E-state index in [4.69, 9.17) is 0 Å². The molecule has 0 nitrogen and oxygen atoms in total. The molecule has 0 atom stereocenters. The van der Waals surface area contributed by atoms with Crippen LogP contribution >= 0.6 is 0 Å². The summed E-state index contributed by atoms with van der Waals surface area (Å²) in [7, 11) is 0. The van der Waals surface area contributed by atoms with Crippen molar-refractivity contribution < 1.29 is 4.39 Å². The number of benzene rings is 3. The van der Waals surface area contributed by atoms with Crippen molar-refractivity contribution in [1.29, 1.82) is 0 Å². The van der Waals surface area contributed by atoms with Crippen molar-refractivity contribution in [2.45, 2.75) is 0 Å². The summed E-state index contributed by atoms with van der Waals surface area (Å²) in [6.07, 6.45) is 0. The Morgan fingerprint density at radius 1 is 0.526 bits per heavy atom. The molecule has 0 N–H and O–H groups in total. The minimum absolute atomic E-state index is 0.187. The molecule has 0 spiro atoms. The lowest BCUT2D eigenvalue weighted by molar-refractivity contribution is 0.632. The van der Waals surface area contributed by atoms with E-state index >= 15 is 0 Å². The second-order valence-corrected chi connectivity index (χ2v) is 4.43. The SMILES string of the molecule is Fc1cc(-c2ccccc2)ccc1-c1ccccc1. The molecule has 0 aromatic heterocycles. The highest BCUT2D eigenvalue weighted by Gasteiger charge is 2.06. The van der Waals surface area contributed by atoms with E-state index in [0.717, 1.165) is 16.7 Å². The quantitative estimate of drug-likeness (QED) is 0.587. The number of hydrogen-bond acceptors (Lipinski definition) is 0. The standard InChI is InChI=1S/C18H13F/c19-18-13-16(14-7-3-1-4-8-14)11-12-17(18)15-9-5-2-6-10-15/h1-13H. The fourth-order valence-corrected chi connectivity index (χ4v) is 2.18. The Balaban J connectivity index is 2.04. The minimum Gasteiger partial charge on any atom is -0.206 e. The molecule has 19 heavy (non-hydrogen) atoms. The van der Waals surface area contributed by atoms with Crippen molar-refractivity contribution in [3.63, 3.8) is 0 Å². The van der Waals surface area contributed by atoms with Crippen LogP contribution in [0.15, 0.2) is 78.9 Å². The van der Waals surface area contributed by atoms with Gasteiger partial charge in [-0.15, -0.1) is 0 Å². The van der Waals surface area contributed by atoms with Crippen molar-refractivity contribution >= 4 is 0 Å². The first-order valence-corrected chi connectivity index (χ1v) is 6.25. The van der Waals surface area contributed by atoms with E-state index in [9.17, 15) is 4.39 Å². The van der Waals surface area contributed by atoms with Gasteiger partial charge in [0, 0.05) is 5.56 Å². The summed E-state index contributed by atoms with van der Waals surface area (Å²) in [5.74, 6) is -0.187. The number of hydrogen-bond donors (Lipinski definition) is 0. The van der Waals surface area contributed by atoms with Gasteiger partial charge in [-0.2, -0.15) is 0 Å². The predicted molar refractivity (Wildman–Crippen MR) is 77.3 cm³/mol. The summed E-state index contributed by atoms with van der Waals surface area (Å²) in [5, 5.41) is 0. The molecule has 3 aromatic carbocycles. The van der Waals surface area contributed by atoms with Gasteiger partial charge in [0.15, 0.2) is 0 Å². The Bertz CT molecular complexity index is 673. The first-order valence-electron chi connectivity index (χ1n) is 6.25. The molecule has 0 aliphatic rings. The van der Waals surface area contributed by atoms with Gasteiger partial charge >= 0.3 is 0 Å². The maximum absolute atomic E-state index is 14.2. The average molecular weight is 248 g/mol. The summed E-state index contributed by atoms with van der Waals surface area (Å²) in [5.41, 5.74) is 3.47. The largest absolute Gasteiger partial charge is 0.206 e. The van der Waals surface area contributed by atoms with Gasteiger partial charge in [0.2, 0.25) is 0 Å². The molecular weight excluding hydrogens is 235 g/mol. The van der Waals surface area contributed by atoms with Crippen LogP contribution in [0.5, 0.6) is 0 Å². The second-order valence-electron chi connectivity index (χ2n) is 4.43. The maximum atomic E-state index is 14.2. The van der Waals surface area contributed by atoms with Crippen LogP contribution in [0.25, 0.3) is 22.3 Å². The molecule has 0 amide bonds. The normalized spacial score (nSPS) is 10.4. The van der Waals surface area contributed by atoms with E-state index in [0.29, 0.717) is 5.56 Å². The highest BCUT2D eigenvalue weighted by Crippen LogP contribution is 2.27. The van der Waals surface area contributed by atoms with Crippen molar-refractivity contribution in [2.24, 2.45) is 0 Å². The molecule has 0 bridgehead atoms. The highest BCUT2D eigenvalue weighted by molar-refractivity contribution is 5.70. The Morgan fingerprint density at radius 2 is 1.11 bits per heavy atom. The summed E-state index contributed by atoms with van der Waals surface area (Å²) in [6.45, 7) is 0. The van der Waals surface area contributed by atoms with Crippen LogP contribution in [0.1, 0.15) is 0 Å². The van der Waals surface area contributed by atoms with Crippen molar-refractivity contribution in [3.05, 3.63) is 84.7 Å². The zero-order chi connectivity index (χ0) is 13.1. The number of halogens is 1. The third-order valence-corrected chi connectivity index (χ3v) is 3.16. The zero-order valence-electron chi connectivity index (χ0n) is 10.4. The third kappa shape index (κ3) is 2.41. The van der Waals surface area contributed by atoms with Gasteiger partial charge in [0.1, 0.15) is 5.82 Å². The van der Waals surface area contributed by atoms with E-state index in [-0.39, 0.29) is 5.82 Å². The lowest BCUT2D eigenvalue weighted by Gasteiger charge is -2.06. The first-order chi connectivity index (χ1) is 9.34. The molecule has 0 unspecified atom stereocenters. The van der Waals surface area contributed by atoms with Crippen LogP contribution in [0.2, 0.25) is 0 Å². The smallest absolute Gasteiger partial charge is 0.131 e. The van der Waals surface area contributed by atoms with Crippen LogP contribution in [-0.2, 0) is 0 Å². The monoisotopic (exact) mass is 248 g/mol. The van der Waals surface area contributed by atoms with E-state index < -0.39 is 0 Å². The Kier molecular flexibility index (Phi) is 3.11. The molecule has 0 aliphatic carbocycles. The van der Waals surface area contributed by atoms with E-state index in [2.05, 4.69) is 0 Å².